The van der Waals surface area contributed by atoms with E-state index in [0.717, 1.165) is 5.92 Å². The molecule has 0 spiro atoms. The Kier molecular flexibility index (Phi) is 2.43. The summed E-state index contributed by atoms with van der Waals surface area (Å²) in [5, 5.41) is 0.716. The van der Waals surface area contributed by atoms with Crippen LogP contribution in [0.3, 0.4) is 0 Å². The highest BCUT2D eigenvalue weighted by Gasteiger charge is 2.66. The number of thioether (sulfide) groups is 1. The van der Waals surface area contributed by atoms with Crippen LogP contribution in [-0.4, -0.2) is 24.7 Å². The number of methoxy groups -OCH3 is 1. The zero-order chi connectivity index (χ0) is 10.6. The minimum Gasteiger partial charge on any atom is -0.380 e. The zero-order valence-electron chi connectivity index (χ0n) is 9.96. The second kappa shape index (κ2) is 3.15. The van der Waals surface area contributed by atoms with E-state index >= 15 is 0 Å². The summed E-state index contributed by atoms with van der Waals surface area (Å²) in [6, 6.07) is 0. The fourth-order valence-electron chi connectivity index (χ4n) is 3.90. The van der Waals surface area contributed by atoms with Crippen LogP contribution in [0.15, 0.2) is 0 Å². The molecule has 0 aromatic heterocycles. The van der Waals surface area contributed by atoms with Gasteiger partial charge in [-0.05, 0) is 30.4 Å². The quantitative estimate of drug-likeness (QED) is 0.698. The first-order chi connectivity index (χ1) is 6.49. The van der Waals surface area contributed by atoms with Crippen LogP contribution in [0.1, 0.15) is 33.6 Å². The molecule has 0 unspecified atom stereocenters. The third-order valence-electron chi connectivity index (χ3n) is 5.22. The van der Waals surface area contributed by atoms with Crippen molar-refractivity contribution in [2.24, 2.45) is 16.7 Å². The minimum absolute atomic E-state index is 0.403. The molecule has 0 N–H and O–H groups in total. The molecule has 2 saturated carbocycles. The Balaban J connectivity index is 2.38. The lowest BCUT2D eigenvalue weighted by Gasteiger charge is -2.39. The van der Waals surface area contributed by atoms with E-state index in [1.165, 1.54) is 12.8 Å². The van der Waals surface area contributed by atoms with Gasteiger partial charge < -0.3 is 4.74 Å². The zero-order valence-corrected chi connectivity index (χ0v) is 10.8. The lowest BCUT2D eigenvalue weighted by Crippen LogP contribution is -2.39. The molecule has 2 aliphatic rings. The van der Waals surface area contributed by atoms with Gasteiger partial charge in [0.15, 0.2) is 0 Å². The van der Waals surface area contributed by atoms with E-state index in [-0.39, 0.29) is 0 Å². The van der Waals surface area contributed by atoms with E-state index in [0.29, 0.717) is 22.2 Å². The third kappa shape index (κ3) is 1.02. The lowest BCUT2D eigenvalue weighted by atomic mass is 9.70. The third-order valence-corrected chi connectivity index (χ3v) is 6.34. The molecule has 82 valence electrons. The van der Waals surface area contributed by atoms with Gasteiger partial charge in [-0.1, -0.05) is 20.8 Å². The van der Waals surface area contributed by atoms with Crippen LogP contribution in [0.5, 0.6) is 0 Å². The molecular weight excluding hydrogens is 192 g/mol. The maximum Gasteiger partial charge on any atom is 0.0751 e. The monoisotopic (exact) mass is 214 g/mol. The van der Waals surface area contributed by atoms with Crippen LogP contribution in [0, 0.1) is 16.7 Å². The van der Waals surface area contributed by atoms with Crippen molar-refractivity contribution in [3.8, 4) is 0 Å². The molecule has 0 amide bonds. The molecule has 1 nitrogen and oxygen atoms in total. The molecule has 2 heteroatoms. The van der Waals surface area contributed by atoms with Crippen molar-refractivity contribution < 1.29 is 4.74 Å². The smallest absolute Gasteiger partial charge is 0.0751 e. The molecule has 14 heavy (non-hydrogen) atoms. The number of fused-ring (bicyclic) bond motifs is 2. The van der Waals surface area contributed by atoms with E-state index in [9.17, 15) is 0 Å². The van der Waals surface area contributed by atoms with Crippen molar-refractivity contribution in [1.29, 1.82) is 0 Å². The molecule has 4 atom stereocenters. The lowest BCUT2D eigenvalue weighted by molar-refractivity contribution is -0.0176. The summed E-state index contributed by atoms with van der Waals surface area (Å²) in [5.41, 5.74) is 0.863. The van der Waals surface area contributed by atoms with Crippen molar-refractivity contribution in [3.63, 3.8) is 0 Å². The molecule has 0 aliphatic heterocycles. The Morgan fingerprint density at radius 3 is 2.36 bits per heavy atom. The highest BCUT2D eigenvalue weighted by atomic mass is 32.2. The highest BCUT2D eigenvalue weighted by molar-refractivity contribution is 7.99. The Labute approximate surface area is 92.0 Å². The molecule has 2 rings (SSSR count). The van der Waals surface area contributed by atoms with Crippen LogP contribution in [-0.2, 0) is 4.74 Å². The van der Waals surface area contributed by atoms with Gasteiger partial charge in [0, 0.05) is 17.8 Å². The summed E-state index contributed by atoms with van der Waals surface area (Å²) in [6.45, 7) is 7.30. The van der Waals surface area contributed by atoms with E-state index in [1.54, 1.807) is 0 Å². The van der Waals surface area contributed by atoms with E-state index in [4.69, 9.17) is 4.74 Å². The second-order valence-electron chi connectivity index (χ2n) is 5.64. The van der Waals surface area contributed by atoms with Crippen molar-refractivity contribution in [1.82, 2.24) is 0 Å². The number of rotatable bonds is 2. The minimum atomic E-state index is 0.403. The first kappa shape index (κ1) is 10.8. The Morgan fingerprint density at radius 2 is 1.93 bits per heavy atom. The molecule has 0 aromatic carbocycles. The van der Waals surface area contributed by atoms with Crippen molar-refractivity contribution >= 4 is 11.8 Å². The van der Waals surface area contributed by atoms with Gasteiger partial charge in [0.1, 0.15) is 0 Å². The van der Waals surface area contributed by atoms with Gasteiger partial charge in [0.25, 0.3) is 0 Å². The van der Waals surface area contributed by atoms with E-state index in [1.807, 2.05) is 18.9 Å². The van der Waals surface area contributed by atoms with Crippen LogP contribution >= 0.6 is 11.8 Å². The largest absolute Gasteiger partial charge is 0.380 e. The fourth-order valence-corrected chi connectivity index (χ4v) is 5.36. The van der Waals surface area contributed by atoms with Gasteiger partial charge in [-0.15, -0.1) is 0 Å². The van der Waals surface area contributed by atoms with Crippen LogP contribution in [0.2, 0.25) is 0 Å². The predicted molar refractivity (Wildman–Crippen MR) is 62.7 cm³/mol. The summed E-state index contributed by atoms with van der Waals surface area (Å²) >= 11 is 2.00. The number of hydrogen-bond acceptors (Lipinski definition) is 2. The summed E-state index contributed by atoms with van der Waals surface area (Å²) in [6.07, 6.45) is 5.44. The molecule has 2 fully saturated rings. The topological polar surface area (TPSA) is 9.23 Å². The van der Waals surface area contributed by atoms with Crippen LogP contribution in [0.4, 0.5) is 0 Å². The number of ether oxygens (including phenoxy) is 1. The maximum absolute atomic E-state index is 5.77. The maximum atomic E-state index is 5.77. The second-order valence-corrected chi connectivity index (χ2v) is 6.66. The molecule has 0 heterocycles. The molecule has 2 aliphatic carbocycles. The predicted octanol–water partition coefficient (Wildman–Crippen LogP) is 3.19. The van der Waals surface area contributed by atoms with Crippen LogP contribution in [0.25, 0.3) is 0 Å². The van der Waals surface area contributed by atoms with Gasteiger partial charge in [-0.2, -0.15) is 11.8 Å². The van der Waals surface area contributed by atoms with Crippen molar-refractivity contribution in [2.45, 2.75) is 45.0 Å². The average Bonchev–Trinajstić information content (AvgIpc) is 2.46. The Hall–Kier alpha value is 0.310. The molecular formula is C12H22OS. The fraction of sp³-hybridized carbons (Fsp3) is 1.00. The summed E-state index contributed by atoms with van der Waals surface area (Å²) in [4.78, 5) is 0. The van der Waals surface area contributed by atoms with E-state index < -0.39 is 0 Å². The SMILES string of the molecule is CO[C@@H]1[C@H](SC)[C@H]2CC[C@]1(C)C2(C)C. The summed E-state index contributed by atoms with van der Waals surface area (Å²) < 4.78 is 5.77. The van der Waals surface area contributed by atoms with Gasteiger partial charge in [0.2, 0.25) is 0 Å². The standard InChI is InChI=1S/C12H22OS/c1-11(2)8-6-7-12(11,3)10(13-4)9(8)14-5/h8-10H,6-7H2,1-5H3/t8-,9-,10-,12+/m1/s1. The first-order valence-corrected chi connectivity index (χ1v) is 6.83. The summed E-state index contributed by atoms with van der Waals surface area (Å²) in [7, 11) is 1.88. The molecule has 0 saturated heterocycles. The Morgan fingerprint density at radius 1 is 1.29 bits per heavy atom. The first-order valence-electron chi connectivity index (χ1n) is 5.54. The normalized spacial score (nSPS) is 49.9. The Bertz CT molecular complexity index is 238. The summed E-state index contributed by atoms with van der Waals surface area (Å²) in [5.74, 6) is 0.854. The molecule has 2 bridgehead atoms. The van der Waals surface area contributed by atoms with E-state index in [2.05, 4.69) is 27.0 Å². The van der Waals surface area contributed by atoms with Crippen LogP contribution < -0.4 is 0 Å². The number of hydrogen-bond donors (Lipinski definition) is 0. The van der Waals surface area contributed by atoms with Crippen molar-refractivity contribution in [3.05, 3.63) is 0 Å². The van der Waals surface area contributed by atoms with Gasteiger partial charge in [-0.25, -0.2) is 0 Å². The van der Waals surface area contributed by atoms with Gasteiger partial charge in [-0.3, -0.25) is 0 Å². The van der Waals surface area contributed by atoms with Gasteiger partial charge in [0.05, 0.1) is 6.10 Å². The highest BCUT2D eigenvalue weighted by Crippen LogP contribution is 2.68. The molecule has 0 aromatic rings. The molecule has 0 radical (unpaired) electrons. The van der Waals surface area contributed by atoms with Gasteiger partial charge >= 0.3 is 0 Å². The average molecular weight is 214 g/mol. The van der Waals surface area contributed by atoms with Crippen molar-refractivity contribution in [2.75, 3.05) is 13.4 Å².